The van der Waals surface area contributed by atoms with E-state index in [1.165, 1.54) is 11.3 Å². The predicted molar refractivity (Wildman–Crippen MR) is 103 cm³/mol. The van der Waals surface area contributed by atoms with Crippen LogP contribution in [-0.4, -0.2) is 51.2 Å². The van der Waals surface area contributed by atoms with Crippen LogP contribution in [0.5, 0.6) is 5.75 Å². The number of nitrogens with zero attached hydrogens (tertiary/aromatic N) is 3. The number of rotatable bonds is 4. The van der Waals surface area contributed by atoms with Crippen molar-refractivity contribution in [3.63, 3.8) is 0 Å². The summed E-state index contributed by atoms with van der Waals surface area (Å²) in [6.45, 7) is 4.71. The van der Waals surface area contributed by atoms with Gasteiger partial charge in [-0.05, 0) is 29.8 Å². The third-order valence-electron chi connectivity index (χ3n) is 4.52. The van der Waals surface area contributed by atoms with Gasteiger partial charge >= 0.3 is 0 Å². The number of guanidine groups is 1. The number of anilines is 1. The SMILES string of the molecule is CN=C(NCc1ccc(OC)cc1)N1CCN(c2ccccc2)CC1. The minimum absolute atomic E-state index is 0.759. The molecule has 5 nitrogen and oxygen atoms in total. The first-order valence-corrected chi connectivity index (χ1v) is 8.68. The summed E-state index contributed by atoms with van der Waals surface area (Å²) in [6.07, 6.45) is 0. The van der Waals surface area contributed by atoms with Crippen molar-refractivity contribution in [2.24, 2.45) is 4.99 Å². The Balaban J connectivity index is 1.52. The average molecular weight is 338 g/mol. The quantitative estimate of drug-likeness (QED) is 0.687. The molecule has 0 bridgehead atoms. The molecule has 0 aliphatic carbocycles. The number of aliphatic imine (C=N–C) groups is 1. The number of hydrogen-bond donors (Lipinski definition) is 1. The minimum atomic E-state index is 0.759. The van der Waals surface area contributed by atoms with Gasteiger partial charge in [-0.2, -0.15) is 0 Å². The Labute approximate surface area is 149 Å². The highest BCUT2D eigenvalue weighted by molar-refractivity contribution is 5.80. The van der Waals surface area contributed by atoms with Crippen molar-refractivity contribution in [1.29, 1.82) is 0 Å². The molecule has 0 amide bonds. The van der Waals surface area contributed by atoms with E-state index in [1.54, 1.807) is 7.11 Å². The van der Waals surface area contributed by atoms with Crippen molar-refractivity contribution in [2.45, 2.75) is 6.54 Å². The first kappa shape index (κ1) is 17.1. The standard InChI is InChI=1S/C20H26N4O/c1-21-20(22-16-17-8-10-19(25-2)11-9-17)24-14-12-23(13-15-24)18-6-4-3-5-7-18/h3-11H,12-16H2,1-2H3,(H,21,22). The second-order valence-electron chi connectivity index (χ2n) is 6.06. The Morgan fingerprint density at radius 2 is 1.68 bits per heavy atom. The first-order valence-electron chi connectivity index (χ1n) is 8.68. The van der Waals surface area contributed by atoms with E-state index in [0.29, 0.717) is 0 Å². The van der Waals surface area contributed by atoms with Gasteiger partial charge in [-0.15, -0.1) is 0 Å². The average Bonchev–Trinajstić information content (AvgIpc) is 2.70. The normalized spacial score (nSPS) is 15.2. The van der Waals surface area contributed by atoms with Crippen LogP contribution in [0.2, 0.25) is 0 Å². The molecule has 1 aliphatic heterocycles. The molecule has 2 aromatic carbocycles. The monoisotopic (exact) mass is 338 g/mol. The third-order valence-corrected chi connectivity index (χ3v) is 4.52. The van der Waals surface area contributed by atoms with Crippen molar-refractivity contribution >= 4 is 11.6 Å². The largest absolute Gasteiger partial charge is 0.497 e. The summed E-state index contributed by atoms with van der Waals surface area (Å²) in [7, 11) is 3.53. The summed E-state index contributed by atoms with van der Waals surface area (Å²) in [5.41, 5.74) is 2.51. The Hall–Kier alpha value is -2.69. The number of methoxy groups -OCH3 is 1. The topological polar surface area (TPSA) is 40.1 Å². The van der Waals surface area contributed by atoms with Crippen LogP contribution in [0.3, 0.4) is 0 Å². The van der Waals surface area contributed by atoms with Crippen LogP contribution in [0.15, 0.2) is 59.6 Å². The molecule has 2 aromatic rings. The summed E-state index contributed by atoms with van der Waals surface area (Å²) >= 11 is 0. The smallest absolute Gasteiger partial charge is 0.194 e. The molecule has 25 heavy (non-hydrogen) atoms. The summed E-state index contributed by atoms with van der Waals surface area (Å²) in [6, 6.07) is 18.7. The lowest BCUT2D eigenvalue weighted by atomic mass is 10.2. The van der Waals surface area contributed by atoms with Crippen LogP contribution in [-0.2, 0) is 6.54 Å². The zero-order chi connectivity index (χ0) is 17.5. The van der Waals surface area contributed by atoms with Gasteiger partial charge in [-0.3, -0.25) is 4.99 Å². The molecule has 5 heteroatoms. The molecule has 0 saturated carbocycles. The first-order chi connectivity index (χ1) is 12.3. The van der Waals surface area contributed by atoms with E-state index in [2.05, 4.69) is 62.6 Å². The fraction of sp³-hybridized carbons (Fsp3) is 0.350. The van der Waals surface area contributed by atoms with Crippen LogP contribution in [0.4, 0.5) is 5.69 Å². The number of para-hydroxylation sites is 1. The van der Waals surface area contributed by atoms with E-state index in [0.717, 1.165) is 44.4 Å². The lowest BCUT2D eigenvalue weighted by molar-refractivity contribution is 0.372. The lowest BCUT2D eigenvalue weighted by Gasteiger charge is -2.37. The van der Waals surface area contributed by atoms with E-state index in [1.807, 2.05) is 19.2 Å². The van der Waals surface area contributed by atoms with Gasteiger partial charge in [0.1, 0.15) is 5.75 Å². The molecule has 0 radical (unpaired) electrons. The molecule has 0 unspecified atom stereocenters. The maximum atomic E-state index is 5.20. The molecule has 1 fully saturated rings. The van der Waals surface area contributed by atoms with Gasteiger partial charge in [0, 0.05) is 45.5 Å². The number of nitrogens with one attached hydrogen (secondary N) is 1. The van der Waals surface area contributed by atoms with Crippen LogP contribution in [0, 0.1) is 0 Å². The van der Waals surface area contributed by atoms with Gasteiger partial charge in [0.05, 0.1) is 7.11 Å². The van der Waals surface area contributed by atoms with Crippen molar-refractivity contribution in [1.82, 2.24) is 10.2 Å². The zero-order valence-electron chi connectivity index (χ0n) is 15.0. The van der Waals surface area contributed by atoms with Crippen molar-refractivity contribution in [3.05, 3.63) is 60.2 Å². The fourth-order valence-corrected chi connectivity index (χ4v) is 3.07. The van der Waals surface area contributed by atoms with Gasteiger partial charge in [-0.1, -0.05) is 30.3 Å². The summed E-state index contributed by atoms with van der Waals surface area (Å²) < 4.78 is 5.20. The van der Waals surface area contributed by atoms with E-state index in [9.17, 15) is 0 Å². The van der Waals surface area contributed by atoms with Crippen LogP contribution >= 0.6 is 0 Å². The van der Waals surface area contributed by atoms with Crippen LogP contribution < -0.4 is 15.0 Å². The number of ether oxygens (including phenoxy) is 1. The highest BCUT2D eigenvalue weighted by atomic mass is 16.5. The number of benzene rings is 2. The number of hydrogen-bond acceptors (Lipinski definition) is 3. The van der Waals surface area contributed by atoms with Crippen molar-refractivity contribution < 1.29 is 4.74 Å². The minimum Gasteiger partial charge on any atom is -0.497 e. The summed E-state index contributed by atoms with van der Waals surface area (Å²) in [5.74, 6) is 1.84. The fourth-order valence-electron chi connectivity index (χ4n) is 3.07. The highest BCUT2D eigenvalue weighted by Crippen LogP contribution is 2.16. The summed E-state index contributed by atoms with van der Waals surface area (Å²) in [5, 5.41) is 3.46. The van der Waals surface area contributed by atoms with Crippen LogP contribution in [0.25, 0.3) is 0 Å². The maximum absolute atomic E-state index is 5.20. The number of piperazine rings is 1. The van der Waals surface area contributed by atoms with E-state index in [4.69, 9.17) is 4.74 Å². The Morgan fingerprint density at radius 3 is 2.28 bits per heavy atom. The van der Waals surface area contributed by atoms with Crippen molar-refractivity contribution in [3.8, 4) is 5.75 Å². The van der Waals surface area contributed by atoms with Gasteiger partial charge in [-0.25, -0.2) is 0 Å². The second kappa shape index (κ2) is 8.42. The molecule has 3 rings (SSSR count). The zero-order valence-corrected chi connectivity index (χ0v) is 15.0. The van der Waals surface area contributed by atoms with Gasteiger partial charge in [0.2, 0.25) is 0 Å². The Bertz CT molecular complexity index is 677. The van der Waals surface area contributed by atoms with Gasteiger partial charge < -0.3 is 19.9 Å². The maximum Gasteiger partial charge on any atom is 0.194 e. The van der Waals surface area contributed by atoms with Gasteiger partial charge in [0.25, 0.3) is 0 Å². The second-order valence-corrected chi connectivity index (χ2v) is 6.06. The predicted octanol–water partition coefficient (Wildman–Crippen LogP) is 2.59. The molecule has 1 saturated heterocycles. The molecular formula is C20H26N4O. The molecule has 132 valence electrons. The molecule has 0 atom stereocenters. The molecule has 1 N–H and O–H groups in total. The van der Waals surface area contributed by atoms with Crippen LogP contribution in [0.1, 0.15) is 5.56 Å². The van der Waals surface area contributed by atoms with E-state index in [-0.39, 0.29) is 0 Å². The summed E-state index contributed by atoms with van der Waals surface area (Å²) in [4.78, 5) is 9.19. The van der Waals surface area contributed by atoms with E-state index >= 15 is 0 Å². The molecule has 0 aromatic heterocycles. The molecule has 1 heterocycles. The molecule has 0 spiro atoms. The molecular weight excluding hydrogens is 312 g/mol. The highest BCUT2D eigenvalue weighted by Gasteiger charge is 2.19. The third kappa shape index (κ3) is 4.44. The van der Waals surface area contributed by atoms with E-state index < -0.39 is 0 Å². The lowest BCUT2D eigenvalue weighted by Crippen LogP contribution is -2.52. The Morgan fingerprint density at radius 1 is 1.00 bits per heavy atom. The van der Waals surface area contributed by atoms with Crippen molar-refractivity contribution in [2.75, 3.05) is 45.2 Å². The Kier molecular flexibility index (Phi) is 5.77. The van der Waals surface area contributed by atoms with Gasteiger partial charge in [0.15, 0.2) is 5.96 Å². The molecule has 1 aliphatic rings.